The normalized spacial score (nSPS) is 10.3. The van der Waals surface area contributed by atoms with Gasteiger partial charge in [0.2, 0.25) is 0 Å². The van der Waals surface area contributed by atoms with Crippen molar-refractivity contribution in [1.82, 2.24) is 10.3 Å². The molecule has 20 heavy (non-hydrogen) atoms. The Balaban J connectivity index is 2.29. The van der Waals surface area contributed by atoms with E-state index in [0.717, 1.165) is 30.2 Å². The highest BCUT2D eigenvalue weighted by atomic mass is 16.5. The maximum absolute atomic E-state index is 5.28. The van der Waals surface area contributed by atoms with Crippen LogP contribution in [0.4, 0.5) is 11.4 Å². The van der Waals surface area contributed by atoms with Crippen LogP contribution in [0.15, 0.2) is 42.7 Å². The van der Waals surface area contributed by atoms with E-state index in [4.69, 9.17) is 4.74 Å². The van der Waals surface area contributed by atoms with E-state index in [1.165, 1.54) is 5.56 Å². The Morgan fingerprint density at radius 2 is 2.15 bits per heavy atom. The van der Waals surface area contributed by atoms with Gasteiger partial charge in [0.1, 0.15) is 5.75 Å². The second-order valence-electron chi connectivity index (χ2n) is 4.55. The molecule has 0 fully saturated rings. The summed E-state index contributed by atoms with van der Waals surface area (Å²) in [7, 11) is 3.74. The first kappa shape index (κ1) is 14.3. The van der Waals surface area contributed by atoms with Gasteiger partial charge in [0.25, 0.3) is 0 Å². The van der Waals surface area contributed by atoms with E-state index < -0.39 is 0 Å². The largest absolute Gasteiger partial charge is 0.497 e. The minimum absolute atomic E-state index is 0.813. The van der Waals surface area contributed by atoms with Gasteiger partial charge in [-0.3, -0.25) is 4.98 Å². The fourth-order valence-electron chi connectivity index (χ4n) is 2.10. The summed E-state index contributed by atoms with van der Waals surface area (Å²) >= 11 is 0. The van der Waals surface area contributed by atoms with Gasteiger partial charge in [0.15, 0.2) is 0 Å². The summed E-state index contributed by atoms with van der Waals surface area (Å²) in [5, 5.41) is 3.34. The van der Waals surface area contributed by atoms with Crippen molar-refractivity contribution in [2.45, 2.75) is 13.5 Å². The fraction of sp³-hybridized carbons (Fsp3) is 0.312. The molecule has 0 saturated heterocycles. The predicted octanol–water partition coefficient (Wildman–Crippen LogP) is 2.97. The number of methoxy groups -OCH3 is 1. The van der Waals surface area contributed by atoms with Crippen molar-refractivity contribution < 1.29 is 4.74 Å². The summed E-state index contributed by atoms with van der Waals surface area (Å²) in [4.78, 5) is 6.37. The van der Waals surface area contributed by atoms with Crippen molar-refractivity contribution in [2.75, 3.05) is 25.6 Å². The number of hydrogen-bond donors (Lipinski definition) is 1. The van der Waals surface area contributed by atoms with Crippen molar-refractivity contribution in [3.8, 4) is 5.75 Å². The number of hydrogen-bond acceptors (Lipinski definition) is 4. The number of nitrogens with one attached hydrogen (secondary N) is 1. The van der Waals surface area contributed by atoms with Crippen molar-refractivity contribution in [3.63, 3.8) is 0 Å². The van der Waals surface area contributed by atoms with Crippen LogP contribution >= 0.6 is 0 Å². The molecule has 0 amide bonds. The highest BCUT2D eigenvalue weighted by Crippen LogP contribution is 2.28. The third-order valence-corrected chi connectivity index (χ3v) is 3.25. The molecular formula is C16H21N3O. The third-order valence-electron chi connectivity index (χ3n) is 3.25. The molecule has 0 spiro atoms. The van der Waals surface area contributed by atoms with E-state index in [-0.39, 0.29) is 0 Å². The van der Waals surface area contributed by atoms with Gasteiger partial charge in [-0.05, 0) is 24.7 Å². The van der Waals surface area contributed by atoms with Crippen LogP contribution in [-0.4, -0.2) is 25.7 Å². The van der Waals surface area contributed by atoms with Crippen molar-refractivity contribution in [1.29, 1.82) is 0 Å². The molecule has 4 heteroatoms. The zero-order valence-electron chi connectivity index (χ0n) is 12.3. The average Bonchev–Trinajstić information content (AvgIpc) is 2.52. The molecule has 0 aliphatic carbocycles. The van der Waals surface area contributed by atoms with E-state index >= 15 is 0 Å². The zero-order chi connectivity index (χ0) is 14.4. The van der Waals surface area contributed by atoms with Crippen LogP contribution < -0.4 is 15.0 Å². The Labute approximate surface area is 120 Å². The van der Waals surface area contributed by atoms with Crippen LogP contribution in [0.1, 0.15) is 12.5 Å². The van der Waals surface area contributed by atoms with Gasteiger partial charge in [-0.15, -0.1) is 0 Å². The Kier molecular flexibility index (Phi) is 4.96. The second kappa shape index (κ2) is 6.91. The van der Waals surface area contributed by atoms with Crippen LogP contribution in [0.3, 0.4) is 0 Å². The quantitative estimate of drug-likeness (QED) is 0.876. The highest BCUT2D eigenvalue weighted by molar-refractivity contribution is 5.66. The molecule has 0 atom stereocenters. The molecule has 4 nitrogen and oxygen atoms in total. The van der Waals surface area contributed by atoms with E-state index in [9.17, 15) is 0 Å². The van der Waals surface area contributed by atoms with Crippen LogP contribution in [0.2, 0.25) is 0 Å². The first-order valence-electron chi connectivity index (χ1n) is 6.77. The third kappa shape index (κ3) is 3.27. The lowest BCUT2D eigenvalue weighted by atomic mass is 10.2. The molecule has 106 valence electrons. The van der Waals surface area contributed by atoms with E-state index in [1.54, 1.807) is 7.11 Å². The monoisotopic (exact) mass is 271 g/mol. The summed E-state index contributed by atoms with van der Waals surface area (Å²) in [6, 6.07) is 10.1. The van der Waals surface area contributed by atoms with Gasteiger partial charge in [-0.2, -0.15) is 0 Å². The smallest absolute Gasteiger partial charge is 0.120 e. The Bertz CT molecular complexity index is 557. The number of ether oxygens (including phenoxy) is 1. The van der Waals surface area contributed by atoms with E-state index in [0.29, 0.717) is 0 Å². The van der Waals surface area contributed by atoms with Crippen LogP contribution in [0, 0.1) is 0 Å². The molecule has 0 unspecified atom stereocenters. The van der Waals surface area contributed by atoms with Gasteiger partial charge in [-0.1, -0.05) is 13.0 Å². The van der Waals surface area contributed by atoms with Crippen LogP contribution in [0.5, 0.6) is 5.75 Å². The number of rotatable bonds is 6. The van der Waals surface area contributed by atoms with Gasteiger partial charge in [0.05, 0.1) is 7.11 Å². The van der Waals surface area contributed by atoms with Gasteiger partial charge in [-0.25, -0.2) is 0 Å². The zero-order valence-corrected chi connectivity index (χ0v) is 12.3. The molecule has 1 heterocycles. The topological polar surface area (TPSA) is 37.4 Å². The minimum atomic E-state index is 0.813. The molecule has 0 bridgehead atoms. The number of nitrogens with zero attached hydrogens (tertiary/aromatic N) is 2. The molecule has 1 aromatic carbocycles. The van der Waals surface area contributed by atoms with Crippen LogP contribution in [0.25, 0.3) is 0 Å². The maximum Gasteiger partial charge on any atom is 0.120 e. The van der Waals surface area contributed by atoms with Gasteiger partial charge >= 0.3 is 0 Å². The number of benzene rings is 1. The summed E-state index contributed by atoms with van der Waals surface area (Å²) in [5.74, 6) is 0.858. The Morgan fingerprint density at radius 1 is 1.30 bits per heavy atom. The molecule has 1 aromatic heterocycles. The van der Waals surface area contributed by atoms with Gasteiger partial charge < -0.3 is 15.0 Å². The number of pyridine rings is 1. The molecular weight excluding hydrogens is 250 g/mol. The maximum atomic E-state index is 5.28. The molecule has 2 aromatic rings. The lowest BCUT2D eigenvalue weighted by molar-refractivity contribution is 0.415. The molecule has 1 N–H and O–H groups in total. The fourth-order valence-corrected chi connectivity index (χ4v) is 2.10. The Hall–Kier alpha value is -2.07. The SMILES string of the molecule is CCNCc1cnccc1N(C)c1cccc(OC)c1. The van der Waals surface area contributed by atoms with Crippen molar-refractivity contribution in [3.05, 3.63) is 48.3 Å². The van der Waals surface area contributed by atoms with Gasteiger partial charge in [0, 0.05) is 49.0 Å². The Morgan fingerprint density at radius 3 is 2.90 bits per heavy atom. The molecule has 0 aliphatic heterocycles. The summed E-state index contributed by atoms with van der Waals surface area (Å²) in [6.45, 7) is 3.85. The first-order chi connectivity index (χ1) is 9.76. The van der Waals surface area contributed by atoms with Crippen LogP contribution in [-0.2, 0) is 6.54 Å². The number of aromatic nitrogens is 1. The predicted molar refractivity (Wildman–Crippen MR) is 82.7 cm³/mol. The molecule has 0 radical (unpaired) electrons. The highest BCUT2D eigenvalue weighted by Gasteiger charge is 2.09. The second-order valence-corrected chi connectivity index (χ2v) is 4.55. The van der Waals surface area contributed by atoms with Crippen molar-refractivity contribution in [2.24, 2.45) is 0 Å². The summed E-state index contributed by atoms with van der Waals surface area (Å²) < 4.78 is 5.28. The van der Waals surface area contributed by atoms with E-state index in [1.807, 2.05) is 36.7 Å². The first-order valence-corrected chi connectivity index (χ1v) is 6.77. The molecule has 0 saturated carbocycles. The van der Waals surface area contributed by atoms with E-state index in [2.05, 4.69) is 35.2 Å². The van der Waals surface area contributed by atoms with Crippen molar-refractivity contribution >= 4 is 11.4 Å². The minimum Gasteiger partial charge on any atom is -0.497 e. The summed E-state index contributed by atoms with van der Waals surface area (Å²) in [6.07, 6.45) is 3.73. The average molecular weight is 271 g/mol. The standard InChI is InChI=1S/C16H21N3O/c1-4-17-11-13-12-18-9-8-16(13)19(2)14-6-5-7-15(10-14)20-3/h5-10,12,17H,4,11H2,1-3H3. The molecule has 2 rings (SSSR count). The lowest BCUT2D eigenvalue weighted by Gasteiger charge is -2.23. The lowest BCUT2D eigenvalue weighted by Crippen LogP contribution is -2.17. The summed E-state index contributed by atoms with van der Waals surface area (Å²) in [5.41, 5.74) is 3.42. The number of anilines is 2. The molecule has 0 aliphatic rings.